The third kappa shape index (κ3) is 8.79. The monoisotopic (exact) mass is 405 g/mol. The summed E-state index contributed by atoms with van der Waals surface area (Å²) in [6.45, 7) is 6.68. The number of aromatic hydroxyl groups is 1. The molecule has 2 rings (SSSR count). The lowest BCUT2D eigenvalue weighted by molar-refractivity contribution is 0.301. The first-order valence-corrected chi connectivity index (χ1v) is 12.2. The van der Waals surface area contributed by atoms with Gasteiger partial charge in [0.05, 0.1) is 12.3 Å². The summed E-state index contributed by atoms with van der Waals surface area (Å²) in [4.78, 5) is 11.2. The number of hydrogen-bond acceptors (Lipinski definition) is 5. The van der Waals surface area contributed by atoms with Crippen LogP contribution >= 0.6 is 0 Å². The van der Waals surface area contributed by atoms with Crippen LogP contribution in [0, 0.1) is 0 Å². The van der Waals surface area contributed by atoms with Crippen LogP contribution in [-0.4, -0.2) is 34.8 Å². The van der Waals surface area contributed by atoms with Crippen molar-refractivity contribution >= 4 is 5.95 Å². The maximum atomic E-state index is 10.4. The van der Waals surface area contributed by atoms with Crippen LogP contribution in [0.1, 0.15) is 109 Å². The molecule has 0 bridgehead atoms. The standard InChI is InChI=1S/C24H43N3O2/c1-3-5-6-7-8-9-10-11-12-13-14-15-16-18-21-22(28)23(29-4-2)26-24(25-21)27-19-17-20-27/h28H,3-20H2,1-2H3. The third-order valence-corrected chi connectivity index (χ3v) is 5.85. The van der Waals surface area contributed by atoms with Gasteiger partial charge >= 0.3 is 0 Å². The maximum absolute atomic E-state index is 10.4. The van der Waals surface area contributed by atoms with Gasteiger partial charge < -0.3 is 14.7 Å². The highest BCUT2D eigenvalue weighted by Crippen LogP contribution is 2.31. The topological polar surface area (TPSA) is 58.5 Å². The molecular weight excluding hydrogens is 362 g/mol. The van der Waals surface area contributed by atoms with Crippen LogP contribution in [0.25, 0.3) is 0 Å². The molecule has 29 heavy (non-hydrogen) atoms. The van der Waals surface area contributed by atoms with Gasteiger partial charge in [-0.1, -0.05) is 84.0 Å². The SMILES string of the molecule is CCCCCCCCCCCCCCCc1nc(N2CCC2)nc(OCC)c1O. The molecule has 0 saturated carbocycles. The van der Waals surface area contributed by atoms with Crippen LogP contribution in [0.5, 0.6) is 11.6 Å². The number of unbranched alkanes of at least 4 members (excludes halogenated alkanes) is 12. The molecule has 0 amide bonds. The Kier molecular flexibility index (Phi) is 11.8. The van der Waals surface area contributed by atoms with E-state index in [1.54, 1.807) is 0 Å². The van der Waals surface area contributed by atoms with E-state index >= 15 is 0 Å². The van der Waals surface area contributed by atoms with Gasteiger partial charge in [0.2, 0.25) is 11.7 Å². The fraction of sp³-hybridized carbons (Fsp3) is 0.833. The van der Waals surface area contributed by atoms with Crippen molar-refractivity contribution in [1.82, 2.24) is 9.97 Å². The first kappa shape index (κ1) is 23.8. The van der Waals surface area contributed by atoms with Crippen LogP contribution in [-0.2, 0) is 6.42 Å². The first-order chi connectivity index (χ1) is 14.3. The number of aromatic nitrogens is 2. The molecule has 5 heteroatoms. The van der Waals surface area contributed by atoms with Gasteiger partial charge in [-0.2, -0.15) is 4.98 Å². The summed E-state index contributed by atoms with van der Waals surface area (Å²) in [5.74, 6) is 1.19. The fourth-order valence-corrected chi connectivity index (χ4v) is 3.85. The molecule has 0 spiro atoms. The Morgan fingerprint density at radius 1 is 0.793 bits per heavy atom. The van der Waals surface area contributed by atoms with Gasteiger partial charge in [0.15, 0.2) is 0 Å². The van der Waals surface area contributed by atoms with Crippen molar-refractivity contribution < 1.29 is 9.84 Å². The summed E-state index contributed by atoms with van der Waals surface area (Å²) in [6, 6.07) is 0. The van der Waals surface area contributed by atoms with E-state index in [0.717, 1.165) is 31.6 Å². The van der Waals surface area contributed by atoms with E-state index in [-0.39, 0.29) is 5.75 Å². The number of rotatable bonds is 17. The number of anilines is 1. The molecule has 1 aromatic rings. The van der Waals surface area contributed by atoms with E-state index in [4.69, 9.17) is 4.74 Å². The Labute approximate surface area is 178 Å². The average molecular weight is 406 g/mol. The molecule has 1 aromatic heterocycles. The molecule has 1 aliphatic heterocycles. The van der Waals surface area contributed by atoms with Gasteiger partial charge in [-0.05, 0) is 26.2 Å². The van der Waals surface area contributed by atoms with Gasteiger partial charge in [-0.15, -0.1) is 0 Å². The van der Waals surface area contributed by atoms with Crippen molar-refractivity contribution in [1.29, 1.82) is 0 Å². The molecule has 2 heterocycles. The van der Waals surface area contributed by atoms with Gasteiger partial charge in [-0.25, -0.2) is 4.98 Å². The highest BCUT2D eigenvalue weighted by molar-refractivity contribution is 5.45. The number of aryl methyl sites for hydroxylation is 1. The van der Waals surface area contributed by atoms with Gasteiger partial charge in [0.25, 0.3) is 5.88 Å². The molecular formula is C24H43N3O2. The predicted octanol–water partition coefficient (Wildman–Crippen LogP) is 6.42. The molecule has 1 N–H and O–H groups in total. The molecule has 0 aromatic carbocycles. The Morgan fingerprint density at radius 2 is 1.34 bits per heavy atom. The second kappa shape index (κ2) is 14.5. The Bertz CT molecular complexity index is 561. The Balaban J connectivity index is 1.58. The lowest BCUT2D eigenvalue weighted by atomic mass is 10.0. The Hall–Kier alpha value is -1.52. The number of ether oxygens (including phenoxy) is 1. The van der Waals surface area contributed by atoms with Crippen LogP contribution in [0.3, 0.4) is 0 Å². The molecule has 0 radical (unpaired) electrons. The van der Waals surface area contributed by atoms with Crippen LogP contribution < -0.4 is 9.64 Å². The molecule has 5 nitrogen and oxygen atoms in total. The summed E-state index contributed by atoms with van der Waals surface area (Å²) in [5.41, 5.74) is 0.744. The van der Waals surface area contributed by atoms with Gasteiger partial charge in [-0.3, -0.25) is 0 Å². The minimum atomic E-state index is 0.134. The molecule has 0 unspecified atom stereocenters. The molecule has 1 aliphatic rings. The zero-order valence-corrected chi connectivity index (χ0v) is 18.9. The van der Waals surface area contributed by atoms with Crippen LogP contribution in [0.4, 0.5) is 5.95 Å². The van der Waals surface area contributed by atoms with E-state index in [2.05, 4.69) is 21.8 Å². The van der Waals surface area contributed by atoms with Crippen LogP contribution in [0.2, 0.25) is 0 Å². The maximum Gasteiger partial charge on any atom is 0.262 e. The van der Waals surface area contributed by atoms with E-state index in [9.17, 15) is 5.11 Å². The smallest absolute Gasteiger partial charge is 0.262 e. The zero-order valence-electron chi connectivity index (χ0n) is 18.9. The van der Waals surface area contributed by atoms with Crippen molar-refractivity contribution in [3.8, 4) is 11.6 Å². The van der Waals surface area contributed by atoms with E-state index in [0.29, 0.717) is 18.4 Å². The minimum absolute atomic E-state index is 0.134. The third-order valence-electron chi connectivity index (χ3n) is 5.85. The van der Waals surface area contributed by atoms with Crippen molar-refractivity contribution in [3.05, 3.63) is 5.69 Å². The highest BCUT2D eigenvalue weighted by atomic mass is 16.5. The molecule has 0 aliphatic carbocycles. The molecule has 0 atom stereocenters. The van der Waals surface area contributed by atoms with E-state index in [1.165, 1.54) is 83.5 Å². The van der Waals surface area contributed by atoms with E-state index < -0.39 is 0 Å². The lowest BCUT2D eigenvalue weighted by Gasteiger charge is -2.31. The first-order valence-electron chi connectivity index (χ1n) is 12.2. The van der Waals surface area contributed by atoms with Crippen molar-refractivity contribution in [2.24, 2.45) is 0 Å². The summed E-state index contributed by atoms with van der Waals surface area (Å²) < 4.78 is 5.53. The second-order valence-corrected chi connectivity index (χ2v) is 8.39. The van der Waals surface area contributed by atoms with Crippen molar-refractivity contribution in [2.75, 3.05) is 24.6 Å². The summed E-state index contributed by atoms with van der Waals surface area (Å²) in [7, 11) is 0. The molecule has 1 saturated heterocycles. The normalized spacial score (nSPS) is 13.5. The second-order valence-electron chi connectivity index (χ2n) is 8.39. The predicted molar refractivity (Wildman–Crippen MR) is 121 cm³/mol. The van der Waals surface area contributed by atoms with Crippen molar-refractivity contribution in [3.63, 3.8) is 0 Å². The fourth-order valence-electron chi connectivity index (χ4n) is 3.85. The quantitative estimate of drug-likeness (QED) is 0.303. The van der Waals surface area contributed by atoms with Gasteiger partial charge in [0.1, 0.15) is 0 Å². The lowest BCUT2D eigenvalue weighted by Crippen LogP contribution is -2.38. The minimum Gasteiger partial charge on any atom is -0.502 e. The highest BCUT2D eigenvalue weighted by Gasteiger charge is 2.22. The average Bonchev–Trinajstić information content (AvgIpc) is 2.67. The van der Waals surface area contributed by atoms with Crippen LogP contribution in [0.15, 0.2) is 0 Å². The number of hydrogen-bond donors (Lipinski definition) is 1. The summed E-state index contributed by atoms with van der Waals surface area (Å²) in [6.07, 6.45) is 19.4. The number of nitrogens with zero attached hydrogens (tertiary/aromatic N) is 3. The Morgan fingerprint density at radius 3 is 1.83 bits per heavy atom. The van der Waals surface area contributed by atoms with E-state index in [1.807, 2.05) is 6.92 Å². The zero-order chi connectivity index (χ0) is 20.7. The molecule has 1 fully saturated rings. The largest absolute Gasteiger partial charge is 0.502 e. The molecule has 166 valence electrons. The summed E-state index contributed by atoms with van der Waals surface area (Å²) in [5, 5.41) is 10.4. The van der Waals surface area contributed by atoms with Gasteiger partial charge in [0, 0.05) is 13.1 Å². The summed E-state index contributed by atoms with van der Waals surface area (Å²) >= 11 is 0. The van der Waals surface area contributed by atoms with Crippen molar-refractivity contribution in [2.45, 2.75) is 110 Å².